The van der Waals surface area contributed by atoms with Crippen molar-refractivity contribution < 1.29 is 14.3 Å². The summed E-state index contributed by atoms with van der Waals surface area (Å²) in [6.07, 6.45) is 0.996. The van der Waals surface area contributed by atoms with Gasteiger partial charge in [0.1, 0.15) is 0 Å². The molecule has 0 saturated heterocycles. The molecule has 18 heavy (non-hydrogen) atoms. The predicted octanol–water partition coefficient (Wildman–Crippen LogP) is 2.62. The van der Waals surface area contributed by atoms with Crippen molar-refractivity contribution in [2.75, 3.05) is 19.5 Å². The molecule has 0 aliphatic carbocycles. The summed E-state index contributed by atoms with van der Waals surface area (Å²) < 4.78 is 10.3. The number of carbonyl (C=O) groups is 1. The maximum Gasteiger partial charge on any atom is 0.340 e. The van der Waals surface area contributed by atoms with Gasteiger partial charge in [0.25, 0.3) is 0 Å². The van der Waals surface area contributed by atoms with Crippen LogP contribution in [0, 0.1) is 5.92 Å². The van der Waals surface area contributed by atoms with E-state index in [9.17, 15) is 4.79 Å². The number of methoxy groups -OCH3 is 1. The largest absolute Gasteiger partial charge is 0.465 e. The van der Waals surface area contributed by atoms with Crippen LogP contribution >= 0.6 is 0 Å². The number of carbonyl (C=O) groups excluding carboxylic acids is 1. The summed E-state index contributed by atoms with van der Waals surface area (Å²) in [6, 6.07) is 5.32. The number of anilines is 1. The zero-order valence-electron chi connectivity index (χ0n) is 11.2. The van der Waals surface area contributed by atoms with Crippen molar-refractivity contribution in [2.45, 2.75) is 26.9 Å². The van der Waals surface area contributed by atoms with Crippen LogP contribution in [0.2, 0.25) is 0 Å². The van der Waals surface area contributed by atoms with Crippen LogP contribution in [0.3, 0.4) is 0 Å². The smallest absolute Gasteiger partial charge is 0.340 e. The minimum Gasteiger partial charge on any atom is -0.465 e. The van der Waals surface area contributed by atoms with Gasteiger partial charge in [-0.25, -0.2) is 4.79 Å². The Labute approximate surface area is 108 Å². The number of hydrogen-bond donors (Lipinski definition) is 1. The lowest BCUT2D eigenvalue weighted by atomic mass is 10.1. The number of rotatable bonds is 6. The Kier molecular flexibility index (Phi) is 5.65. The standard InChI is InChI=1S/C14H21NO3/c1-10(2)7-8-18-9-11-5-4-6-12(15)13(11)14(16)17-3/h4-6,10H,7-9,15H2,1-3H3. The van der Waals surface area contributed by atoms with Crippen molar-refractivity contribution in [3.05, 3.63) is 29.3 Å². The topological polar surface area (TPSA) is 61.5 Å². The van der Waals surface area contributed by atoms with Crippen LogP contribution in [0.4, 0.5) is 5.69 Å². The fourth-order valence-electron chi connectivity index (χ4n) is 1.59. The second-order valence-electron chi connectivity index (χ2n) is 4.61. The van der Waals surface area contributed by atoms with E-state index in [2.05, 4.69) is 13.8 Å². The third-order valence-electron chi connectivity index (χ3n) is 2.67. The molecule has 0 aliphatic heterocycles. The maximum atomic E-state index is 11.6. The number of esters is 1. The third kappa shape index (κ3) is 4.04. The lowest BCUT2D eigenvalue weighted by Crippen LogP contribution is -2.11. The number of nitrogen functional groups attached to an aromatic ring is 1. The zero-order chi connectivity index (χ0) is 13.5. The normalized spacial score (nSPS) is 10.7. The van der Waals surface area contributed by atoms with E-state index in [1.54, 1.807) is 6.07 Å². The van der Waals surface area contributed by atoms with E-state index in [4.69, 9.17) is 15.2 Å². The zero-order valence-corrected chi connectivity index (χ0v) is 11.2. The molecule has 0 heterocycles. The fourth-order valence-corrected chi connectivity index (χ4v) is 1.59. The SMILES string of the molecule is COC(=O)c1c(N)cccc1COCCC(C)C. The molecule has 0 amide bonds. The van der Waals surface area contributed by atoms with Crippen molar-refractivity contribution in [3.8, 4) is 0 Å². The Hall–Kier alpha value is -1.55. The van der Waals surface area contributed by atoms with Crippen LogP contribution < -0.4 is 5.73 Å². The van der Waals surface area contributed by atoms with Crippen LogP contribution in [0.5, 0.6) is 0 Å². The van der Waals surface area contributed by atoms with Crippen molar-refractivity contribution in [3.63, 3.8) is 0 Å². The van der Waals surface area contributed by atoms with Crippen LogP contribution in [-0.4, -0.2) is 19.7 Å². The molecule has 100 valence electrons. The van der Waals surface area contributed by atoms with Gasteiger partial charge in [-0.15, -0.1) is 0 Å². The van der Waals surface area contributed by atoms with Gasteiger partial charge in [0.15, 0.2) is 0 Å². The molecule has 0 fully saturated rings. The molecule has 0 saturated carbocycles. The first-order chi connectivity index (χ1) is 8.56. The van der Waals surface area contributed by atoms with E-state index >= 15 is 0 Å². The van der Waals surface area contributed by atoms with E-state index in [1.165, 1.54) is 7.11 Å². The summed E-state index contributed by atoms with van der Waals surface area (Å²) in [5.41, 5.74) is 7.39. The van der Waals surface area contributed by atoms with E-state index in [-0.39, 0.29) is 0 Å². The van der Waals surface area contributed by atoms with Gasteiger partial charge >= 0.3 is 5.97 Å². The molecule has 4 heteroatoms. The minimum atomic E-state index is -0.421. The van der Waals surface area contributed by atoms with Crippen molar-refractivity contribution >= 4 is 11.7 Å². The highest BCUT2D eigenvalue weighted by Crippen LogP contribution is 2.19. The van der Waals surface area contributed by atoms with Gasteiger partial charge in [0.2, 0.25) is 0 Å². The lowest BCUT2D eigenvalue weighted by molar-refractivity contribution is 0.0592. The first-order valence-corrected chi connectivity index (χ1v) is 6.09. The second kappa shape index (κ2) is 7.01. The van der Waals surface area contributed by atoms with E-state index in [0.717, 1.165) is 12.0 Å². The predicted molar refractivity (Wildman–Crippen MR) is 71.3 cm³/mol. The molecule has 0 unspecified atom stereocenters. The highest BCUT2D eigenvalue weighted by molar-refractivity contribution is 5.96. The third-order valence-corrected chi connectivity index (χ3v) is 2.67. The average molecular weight is 251 g/mol. The molecule has 0 bridgehead atoms. The van der Waals surface area contributed by atoms with Gasteiger partial charge < -0.3 is 15.2 Å². The van der Waals surface area contributed by atoms with E-state index in [0.29, 0.717) is 30.4 Å². The summed E-state index contributed by atoms with van der Waals surface area (Å²) in [4.78, 5) is 11.6. The highest BCUT2D eigenvalue weighted by atomic mass is 16.5. The molecule has 2 N–H and O–H groups in total. The van der Waals surface area contributed by atoms with Crippen molar-refractivity contribution in [1.29, 1.82) is 0 Å². The Morgan fingerprint density at radius 2 is 2.11 bits per heavy atom. The Morgan fingerprint density at radius 3 is 2.72 bits per heavy atom. The molecular weight excluding hydrogens is 230 g/mol. The maximum absolute atomic E-state index is 11.6. The van der Waals surface area contributed by atoms with Gasteiger partial charge in [0.05, 0.1) is 19.3 Å². The van der Waals surface area contributed by atoms with Crippen molar-refractivity contribution in [1.82, 2.24) is 0 Å². The van der Waals surface area contributed by atoms with Gasteiger partial charge in [-0.3, -0.25) is 0 Å². The van der Waals surface area contributed by atoms with E-state index in [1.807, 2.05) is 12.1 Å². The molecule has 0 atom stereocenters. The first kappa shape index (κ1) is 14.5. The molecule has 1 aromatic carbocycles. The summed E-state index contributed by atoms with van der Waals surface area (Å²) in [5.74, 6) is 0.182. The molecule has 1 rings (SSSR count). The average Bonchev–Trinajstić information content (AvgIpc) is 2.33. The molecule has 1 aromatic rings. The Balaban J connectivity index is 2.70. The molecule has 4 nitrogen and oxygen atoms in total. The molecule has 0 aliphatic rings. The highest BCUT2D eigenvalue weighted by Gasteiger charge is 2.15. The number of ether oxygens (including phenoxy) is 2. The van der Waals surface area contributed by atoms with Gasteiger partial charge in [-0.1, -0.05) is 26.0 Å². The fraction of sp³-hybridized carbons (Fsp3) is 0.500. The summed E-state index contributed by atoms with van der Waals surface area (Å²) in [7, 11) is 1.35. The van der Waals surface area contributed by atoms with Crippen LogP contribution in [-0.2, 0) is 16.1 Å². The quantitative estimate of drug-likeness (QED) is 0.479. The molecular formula is C14H21NO3. The second-order valence-corrected chi connectivity index (χ2v) is 4.61. The minimum absolute atomic E-state index is 0.377. The van der Waals surface area contributed by atoms with Gasteiger partial charge in [-0.05, 0) is 24.0 Å². The Morgan fingerprint density at radius 1 is 1.39 bits per heavy atom. The summed E-state index contributed by atoms with van der Waals surface area (Å²) in [6.45, 7) is 5.34. The Bertz CT molecular complexity index is 402. The first-order valence-electron chi connectivity index (χ1n) is 6.09. The number of nitrogens with two attached hydrogens (primary N) is 1. The van der Waals surface area contributed by atoms with Crippen LogP contribution in [0.25, 0.3) is 0 Å². The monoisotopic (exact) mass is 251 g/mol. The molecule has 0 radical (unpaired) electrons. The molecule has 0 spiro atoms. The van der Waals surface area contributed by atoms with Crippen molar-refractivity contribution in [2.24, 2.45) is 5.92 Å². The van der Waals surface area contributed by atoms with Crippen LogP contribution in [0.1, 0.15) is 36.2 Å². The lowest BCUT2D eigenvalue weighted by Gasteiger charge is -2.11. The van der Waals surface area contributed by atoms with Crippen LogP contribution in [0.15, 0.2) is 18.2 Å². The summed E-state index contributed by atoms with van der Waals surface area (Å²) >= 11 is 0. The van der Waals surface area contributed by atoms with Gasteiger partial charge in [-0.2, -0.15) is 0 Å². The number of hydrogen-bond acceptors (Lipinski definition) is 4. The van der Waals surface area contributed by atoms with E-state index < -0.39 is 5.97 Å². The number of benzene rings is 1. The van der Waals surface area contributed by atoms with Gasteiger partial charge in [0, 0.05) is 12.3 Å². The molecule has 0 aromatic heterocycles. The summed E-state index contributed by atoms with van der Waals surface area (Å²) in [5, 5.41) is 0.